The SMILES string of the molecule is C=C(c1c(C)c(C(=O)OC(C)C)cc2cc(-c3ccc(N)nc3)cn12)N1CCOCC1. The summed E-state index contributed by atoms with van der Waals surface area (Å²) in [6, 6.07) is 7.63. The van der Waals surface area contributed by atoms with E-state index in [0.717, 1.165) is 46.7 Å². The summed E-state index contributed by atoms with van der Waals surface area (Å²) < 4.78 is 13.1. The van der Waals surface area contributed by atoms with Gasteiger partial charge in [-0.3, -0.25) is 0 Å². The molecular formula is C24H28N4O3. The first kappa shape index (κ1) is 20.9. The van der Waals surface area contributed by atoms with E-state index in [-0.39, 0.29) is 12.1 Å². The van der Waals surface area contributed by atoms with Crippen LogP contribution in [0.3, 0.4) is 0 Å². The van der Waals surface area contributed by atoms with Crippen LogP contribution in [0.5, 0.6) is 0 Å². The van der Waals surface area contributed by atoms with Crippen molar-refractivity contribution in [1.29, 1.82) is 0 Å². The van der Waals surface area contributed by atoms with Crippen molar-refractivity contribution < 1.29 is 14.3 Å². The molecule has 7 nitrogen and oxygen atoms in total. The number of anilines is 1. The molecule has 4 heterocycles. The molecule has 3 aromatic heterocycles. The van der Waals surface area contributed by atoms with E-state index < -0.39 is 0 Å². The van der Waals surface area contributed by atoms with E-state index in [1.54, 1.807) is 12.3 Å². The summed E-state index contributed by atoms with van der Waals surface area (Å²) in [5, 5.41) is 0. The van der Waals surface area contributed by atoms with E-state index in [1.807, 2.05) is 45.2 Å². The molecule has 1 saturated heterocycles. The van der Waals surface area contributed by atoms with Crippen molar-refractivity contribution in [3.63, 3.8) is 0 Å². The predicted molar refractivity (Wildman–Crippen MR) is 122 cm³/mol. The number of morpholine rings is 1. The molecule has 4 rings (SSSR count). The van der Waals surface area contributed by atoms with Crippen molar-refractivity contribution in [2.24, 2.45) is 0 Å². The zero-order valence-electron chi connectivity index (χ0n) is 18.2. The van der Waals surface area contributed by atoms with Gasteiger partial charge in [0.15, 0.2) is 0 Å². The van der Waals surface area contributed by atoms with Crippen LogP contribution < -0.4 is 5.73 Å². The quantitative estimate of drug-likeness (QED) is 0.633. The first-order valence-corrected chi connectivity index (χ1v) is 10.5. The molecule has 31 heavy (non-hydrogen) atoms. The highest BCUT2D eigenvalue weighted by atomic mass is 16.5. The van der Waals surface area contributed by atoms with Crippen LogP contribution in [0.15, 0.2) is 43.2 Å². The van der Waals surface area contributed by atoms with Crippen LogP contribution in [-0.4, -0.2) is 52.7 Å². The second-order valence-electron chi connectivity index (χ2n) is 8.03. The molecule has 1 aliphatic heterocycles. The first-order chi connectivity index (χ1) is 14.8. The maximum Gasteiger partial charge on any atom is 0.338 e. The molecule has 1 fully saturated rings. The number of nitrogens with two attached hydrogens (primary N) is 1. The summed E-state index contributed by atoms with van der Waals surface area (Å²) in [6.45, 7) is 12.9. The van der Waals surface area contributed by atoms with E-state index in [1.165, 1.54) is 0 Å². The number of carbonyl (C=O) groups is 1. The highest BCUT2D eigenvalue weighted by Crippen LogP contribution is 2.31. The Morgan fingerprint density at radius 2 is 1.97 bits per heavy atom. The number of pyridine rings is 2. The van der Waals surface area contributed by atoms with Crippen molar-refractivity contribution in [1.82, 2.24) is 14.3 Å². The largest absolute Gasteiger partial charge is 0.459 e. The van der Waals surface area contributed by atoms with E-state index in [0.29, 0.717) is 24.6 Å². The topological polar surface area (TPSA) is 82.1 Å². The lowest BCUT2D eigenvalue weighted by molar-refractivity contribution is 0.0377. The van der Waals surface area contributed by atoms with Gasteiger partial charge in [0.05, 0.1) is 36.3 Å². The number of nitrogens with zero attached hydrogens (tertiary/aromatic N) is 3. The Balaban J connectivity index is 1.88. The minimum atomic E-state index is -0.331. The third-order valence-corrected chi connectivity index (χ3v) is 5.49. The van der Waals surface area contributed by atoms with Gasteiger partial charge in [-0.25, -0.2) is 9.78 Å². The highest BCUT2D eigenvalue weighted by Gasteiger charge is 2.23. The minimum absolute atomic E-state index is 0.197. The Morgan fingerprint density at radius 3 is 2.61 bits per heavy atom. The maximum atomic E-state index is 12.9. The average molecular weight is 421 g/mol. The summed E-state index contributed by atoms with van der Waals surface area (Å²) >= 11 is 0. The molecule has 0 aromatic carbocycles. The van der Waals surface area contributed by atoms with Crippen LogP contribution in [0, 0.1) is 6.92 Å². The molecule has 7 heteroatoms. The van der Waals surface area contributed by atoms with Gasteiger partial charge in [-0.05, 0) is 50.6 Å². The van der Waals surface area contributed by atoms with Gasteiger partial charge in [0, 0.05) is 42.1 Å². The fraction of sp³-hybridized carbons (Fsp3) is 0.333. The number of fused-ring (bicyclic) bond motifs is 1. The lowest BCUT2D eigenvalue weighted by Gasteiger charge is -2.31. The van der Waals surface area contributed by atoms with Crippen LogP contribution >= 0.6 is 0 Å². The van der Waals surface area contributed by atoms with Crippen molar-refractivity contribution in [3.05, 3.63) is 60.1 Å². The molecule has 162 valence electrons. The maximum absolute atomic E-state index is 12.9. The van der Waals surface area contributed by atoms with Crippen molar-refractivity contribution >= 4 is 23.0 Å². The normalized spacial score (nSPS) is 14.3. The van der Waals surface area contributed by atoms with E-state index in [4.69, 9.17) is 15.2 Å². The zero-order valence-corrected chi connectivity index (χ0v) is 18.2. The summed E-state index contributed by atoms with van der Waals surface area (Å²) in [5.74, 6) is 0.145. The van der Waals surface area contributed by atoms with Crippen molar-refractivity contribution in [2.75, 3.05) is 32.0 Å². The van der Waals surface area contributed by atoms with E-state index >= 15 is 0 Å². The zero-order chi connectivity index (χ0) is 22.1. The lowest BCUT2D eigenvalue weighted by atomic mass is 10.0. The molecule has 0 spiro atoms. The summed E-state index contributed by atoms with van der Waals surface area (Å²) in [5.41, 5.74) is 11.7. The second-order valence-corrected chi connectivity index (χ2v) is 8.03. The number of carbonyl (C=O) groups excluding carboxylic acids is 1. The van der Waals surface area contributed by atoms with Crippen molar-refractivity contribution in [2.45, 2.75) is 26.9 Å². The van der Waals surface area contributed by atoms with Crippen LogP contribution in [0.2, 0.25) is 0 Å². The summed E-state index contributed by atoms with van der Waals surface area (Å²) in [7, 11) is 0. The molecule has 0 bridgehead atoms. The van der Waals surface area contributed by atoms with Crippen LogP contribution in [0.25, 0.3) is 22.3 Å². The Hall–Kier alpha value is -3.32. The number of esters is 1. The predicted octanol–water partition coefficient (Wildman–Crippen LogP) is 3.76. The van der Waals surface area contributed by atoms with Gasteiger partial charge < -0.3 is 24.5 Å². The van der Waals surface area contributed by atoms with Gasteiger partial charge in [-0.1, -0.05) is 6.58 Å². The van der Waals surface area contributed by atoms with Crippen molar-refractivity contribution in [3.8, 4) is 11.1 Å². The molecule has 0 aliphatic carbocycles. The number of aromatic nitrogens is 2. The van der Waals surface area contributed by atoms with Gasteiger partial charge in [0.25, 0.3) is 0 Å². The van der Waals surface area contributed by atoms with Gasteiger partial charge >= 0.3 is 5.97 Å². The van der Waals surface area contributed by atoms with Crippen LogP contribution in [0.1, 0.15) is 35.5 Å². The first-order valence-electron chi connectivity index (χ1n) is 10.5. The molecule has 2 N–H and O–H groups in total. The molecule has 1 aliphatic rings. The minimum Gasteiger partial charge on any atom is -0.459 e. The lowest BCUT2D eigenvalue weighted by Crippen LogP contribution is -2.35. The standard InChI is InChI=1S/C24H28N4O3/c1-15(2)31-24(29)21-12-20-11-19(18-5-6-22(25)26-13-18)14-28(20)23(16(21)3)17(4)27-7-9-30-10-8-27/h5-6,11-15H,4,7-10H2,1-3H3,(H2,25,26). The average Bonchev–Trinajstić information content (AvgIpc) is 3.17. The Labute approximate surface area is 182 Å². The monoisotopic (exact) mass is 420 g/mol. The van der Waals surface area contributed by atoms with Crippen LogP contribution in [-0.2, 0) is 9.47 Å². The smallest absolute Gasteiger partial charge is 0.338 e. The summed E-state index contributed by atoms with van der Waals surface area (Å²) in [4.78, 5) is 19.3. The number of hydrogen-bond donors (Lipinski definition) is 1. The number of hydrogen-bond acceptors (Lipinski definition) is 6. The summed E-state index contributed by atoms with van der Waals surface area (Å²) in [6.07, 6.45) is 3.60. The molecule has 3 aromatic rings. The highest BCUT2D eigenvalue weighted by molar-refractivity contribution is 5.94. The number of rotatable bonds is 5. The molecule has 0 atom stereocenters. The van der Waals surface area contributed by atoms with E-state index in [2.05, 4.69) is 20.9 Å². The molecule has 0 saturated carbocycles. The Bertz CT molecular complexity index is 1130. The number of ether oxygens (including phenoxy) is 2. The molecule has 0 radical (unpaired) electrons. The van der Waals surface area contributed by atoms with Gasteiger partial charge in [-0.15, -0.1) is 0 Å². The Kier molecular flexibility index (Phi) is 5.69. The van der Waals surface area contributed by atoms with Gasteiger partial charge in [-0.2, -0.15) is 0 Å². The molecular weight excluding hydrogens is 392 g/mol. The Morgan fingerprint density at radius 1 is 1.23 bits per heavy atom. The third kappa shape index (κ3) is 4.14. The number of nitrogen functional groups attached to an aromatic ring is 1. The van der Waals surface area contributed by atoms with Gasteiger partial charge in [0.1, 0.15) is 5.82 Å². The molecule has 0 unspecified atom stereocenters. The second kappa shape index (κ2) is 8.43. The fourth-order valence-corrected chi connectivity index (χ4v) is 3.91. The third-order valence-electron chi connectivity index (χ3n) is 5.49. The van der Waals surface area contributed by atoms with Crippen LogP contribution in [0.4, 0.5) is 5.82 Å². The van der Waals surface area contributed by atoms with E-state index in [9.17, 15) is 4.79 Å². The van der Waals surface area contributed by atoms with Gasteiger partial charge in [0.2, 0.25) is 0 Å². The molecule has 0 amide bonds. The fourth-order valence-electron chi connectivity index (χ4n) is 3.91.